The third-order valence-corrected chi connectivity index (χ3v) is 3.87. The standard InChI is InChI=1S/C11H8FIN2O4/c12-8-2-1-7(15(18)19)4-9(8)14-10(16)3-6(5-13)11(14)17/h1-2,4,6H,3,5H2. The van der Waals surface area contributed by atoms with Gasteiger partial charge in [-0.15, -0.1) is 0 Å². The van der Waals surface area contributed by atoms with E-state index in [4.69, 9.17) is 0 Å². The van der Waals surface area contributed by atoms with Crippen LogP contribution in [0.15, 0.2) is 18.2 Å². The van der Waals surface area contributed by atoms with Crippen molar-refractivity contribution in [3.63, 3.8) is 0 Å². The first-order valence-corrected chi connectivity index (χ1v) is 6.85. The van der Waals surface area contributed by atoms with E-state index in [-0.39, 0.29) is 17.8 Å². The number of carbonyl (C=O) groups excluding carboxylic acids is 2. The molecule has 0 bridgehead atoms. The number of rotatable bonds is 3. The molecule has 0 spiro atoms. The maximum Gasteiger partial charge on any atom is 0.271 e. The number of amides is 2. The van der Waals surface area contributed by atoms with Gasteiger partial charge in [0.2, 0.25) is 11.8 Å². The average molecular weight is 378 g/mol. The molecule has 1 aromatic carbocycles. The first-order valence-electron chi connectivity index (χ1n) is 5.32. The molecule has 1 aromatic rings. The fraction of sp³-hybridized carbons (Fsp3) is 0.273. The average Bonchev–Trinajstić information content (AvgIpc) is 2.65. The molecular formula is C11H8FIN2O4. The van der Waals surface area contributed by atoms with Gasteiger partial charge >= 0.3 is 0 Å². The van der Waals surface area contributed by atoms with Crippen molar-refractivity contribution in [2.75, 3.05) is 9.33 Å². The van der Waals surface area contributed by atoms with Crippen molar-refractivity contribution in [3.05, 3.63) is 34.1 Å². The topological polar surface area (TPSA) is 80.5 Å². The van der Waals surface area contributed by atoms with Crippen molar-refractivity contribution in [1.29, 1.82) is 0 Å². The van der Waals surface area contributed by atoms with Crippen molar-refractivity contribution >= 4 is 45.8 Å². The third kappa shape index (κ3) is 2.44. The van der Waals surface area contributed by atoms with Crippen LogP contribution in [0.3, 0.4) is 0 Å². The van der Waals surface area contributed by atoms with E-state index in [0.29, 0.717) is 9.33 Å². The minimum Gasteiger partial charge on any atom is -0.274 e. The molecule has 19 heavy (non-hydrogen) atoms. The molecule has 1 fully saturated rings. The highest BCUT2D eigenvalue weighted by atomic mass is 127. The number of hydrogen-bond acceptors (Lipinski definition) is 4. The molecule has 1 unspecified atom stereocenters. The number of nitro groups is 1. The van der Waals surface area contributed by atoms with Crippen LogP contribution in [0.4, 0.5) is 15.8 Å². The van der Waals surface area contributed by atoms with E-state index in [9.17, 15) is 24.1 Å². The summed E-state index contributed by atoms with van der Waals surface area (Å²) in [6.07, 6.45) is 0.00387. The first-order chi connectivity index (χ1) is 8.95. The molecule has 0 N–H and O–H groups in total. The molecule has 0 aromatic heterocycles. The lowest BCUT2D eigenvalue weighted by molar-refractivity contribution is -0.384. The van der Waals surface area contributed by atoms with Crippen molar-refractivity contribution in [3.8, 4) is 0 Å². The molecule has 0 saturated carbocycles. The largest absolute Gasteiger partial charge is 0.274 e. The molecule has 2 amide bonds. The van der Waals surface area contributed by atoms with Crippen LogP contribution in [0.5, 0.6) is 0 Å². The second-order valence-electron chi connectivity index (χ2n) is 4.02. The number of non-ortho nitro benzene ring substituents is 1. The van der Waals surface area contributed by atoms with Crippen molar-refractivity contribution < 1.29 is 18.9 Å². The van der Waals surface area contributed by atoms with E-state index in [1.54, 1.807) is 0 Å². The number of carbonyl (C=O) groups is 2. The lowest BCUT2D eigenvalue weighted by atomic mass is 10.1. The van der Waals surface area contributed by atoms with Gasteiger partial charge in [0.25, 0.3) is 5.69 Å². The van der Waals surface area contributed by atoms with E-state index in [0.717, 1.165) is 18.2 Å². The van der Waals surface area contributed by atoms with Gasteiger partial charge in [0, 0.05) is 23.0 Å². The minimum absolute atomic E-state index is 0.00387. The van der Waals surface area contributed by atoms with E-state index < -0.39 is 28.5 Å². The third-order valence-electron chi connectivity index (χ3n) is 2.81. The Morgan fingerprint density at radius 3 is 2.68 bits per heavy atom. The number of hydrogen-bond donors (Lipinski definition) is 0. The Morgan fingerprint density at radius 2 is 2.16 bits per heavy atom. The molecule has 100 valence electrons. The Bertz CT molecular complexity index is 578. The summed E-state index contributed by atoms with van der Waals surface area (Å²) in [5.41, 5.74) is -0.716. The van der Waals surface area contributed by atoms with Crippen LogP contribution < -0.4 is 4.90 Å². The van der Waals surface area contributed by atoms with E-state index >= 15 is 0 Å². The van der Waals surface area contributed by atoms with Crippen molar-refractivity contribution in [2.45, 2.75) is 6.42 Å². The zero-order valence-electron chi connectivity index (χ0n) is 9.51. The second-order valence-corrected chi connectivity index (χ2v) is 4.90. The molecule has 1 heterocycles. The van der Waals surface area contributed by atoms with Gasteiger partial charge < -0.3 is 0 Å². The molecule has 1 aliphatic heterocycles. The van der Waals surface area contributed by atoms with Crippen LogP contribution >= 0.6 is 22.6 Å². The van der Waals surface area contributed by atoms with Gasteiger partial charge in [-0.3, -0.25) is 19.7 Å². The van der Waals surface area contributed by atoms with Crippen LogP contribution in [-0.2, 0) is 9.59 Å². The highest BCUT2D eigenvalue weighted by Crippen LogP contribution is 2.31. The van der Waals surface area contributed by atoms with Gasteiger partial charge in [0.05, 0.1) is 16.5 Å². The molecule has 1 aliphatic rings. The summed E-state index contributed by atoms with van der Waals surface area (Å²) in [5, 5.41) is 10.7. The van der Waals surface area contributed by atoms with Crippen molar-refractivity contribution in [1.82, 2.24) is 0 Å². The number of halogens is 2. The smallest absolute Gasteiger partial charge is 0.271 e. The number of alkyl halides is 1. The Balaban J connectivity index is 2.47. The van der Waals surface area contributed by atoms with Crippen LogP contribution in [0.1, 0.15) is 6.42 Å². The summed E-state index contributed by atoms with van der Waals surface area (Å²) in [6, 6.07) is 2.77. The Kier molecular flexibility index (Phi) is 3.78. The maximum absolute atomic E-state index is 13.7. The van der Waals surface area contributed by atoms with Gasteiger partial charge in [-0.05, 0) is 6.07 Å². The highest BCUT2D eigenvalue weighted by molar-refractivity contribution is 14.1. The van der Waals surface area contributed by atoms with Gasteiger partial charge in [-0.1, -0.05) is 22.6 Å². The normalized spacial score (nSPS) is 19.1. The monoisotopic (exact) mass is 378 g/mol. The Labute approximate surface area is 120 Å². The van der Waals surface area contributed by atoms with Crippen molar-refractivity contribution in [2.24, 2.45) is 5.92 Å². The van der Waals surface area contributed by atoms with E-state index in [2.05, 4.69) is 0 Å². The number of imide groups is 1. The Morgan fingerprint density at radius 1 is 1.47 bits per heavy atom. The molecule has 8 heteroatoms. The number of nitro benzene ring substituents is 1. The fourth-order valence-corrected chi connectivity index (χ4v) is 2.54. The van der Waals surface area contributed by atoms with Crippen LogP contribution in [0.2, 0.25) is 0 Å². The molecule has 1 atom stereocenters. The maximum atomic E-state index is 13.7. The Hall–Kier alpha value is -1.58. The van der Waals surface area contributed by atoms with Gasteiger partial charge in [-0.2, -0.15) is 0 Å². The predicted molar refractivity (Wildman–Crippen MR) is 72.5 cm³/mol. The van der Waals surface area contributed by atoms with Gasteiger partial charge in [-0.25, -0.2) is 9.29 Å². The minimum atomic E-state index is -0.832. The van der Waals surface area contributed by atoms with Gasteiger partial charge in [0.15, 0.2) is 0 Å². The molecule has 0 radical (unpaired) electrons. The van der Waals surface area contributed by atoms with Gasteiger partial charge in [0.1, 0.15) is 5.82 Å². The zero-order valence-corrected chi connectivity index (χ0v) is 11.7. The lowest BCUT2D eigenvalue weighted by Crippen LogP contribution is -2.31. The highest BCUT2D eigenvalue weighted by Gasteiger charge is 2.40. The first kappa shape index (κ1) is 13.8. The predicted octanol–water partition coefficient (Wildman–Crippen LogP) is 2.05. The molecule has 2 rings (SSSR count). The van der Waals surface area contributed by atoms with Crippen LogP contribution in [0, 0.1) is 21.8 Å². The summed E-state index contributed by atoms with van der Waals surface area (Å²) >= 11 is 1.97. The van der Waals surface area contributed by atoms with Crippen LogP contribution in [0.25, 0.3) is 0 Å². The number of anilines is 1. The van der Waals surface area contributed by atoms with E-state index in [1.165, 1.54) is 0 Å². The SMILES string of the molecule is O=C1CC(CI)C(=O)N1c1cc([N+](=O)[O-])ccc1F. The molecular weight excluding hydrogens is 370 g/mol. The summed E-state index contributed by atoms with van der Waals surface area (Å²) in [5.74, 6) is -2.38. The lowest BCUT2D eigenvalue weighted by Gasteiger charge is -2.15. The quantitative estimate of drug-likeness (QED) is 0.265. The number of benzene rings is 1. The number of nitrogens with zero attached hydrogens (tertiary/aromatic N) is 2. The second kappa shape index (κ2) is 5.19. The van der Waals surface area contributed by atoms with Crippen LogP contribution in [-0.4, -0.2) is 21.2 Å². The summed E-state index contributed by atoms with van der Waals surface area (Å²) in [6.45, 7) is 0. The summed E-state index contributed by atoms with van der Waals surface area (Å²) < 4.78 is 14.1. The molecule has 1 saturated heterocycles. The molecule has 0 aliphatic carbocycles. The zero-order chi connectivity index (χ0) is 14.2. The van der Waals surface area contributed by atoms with E-state index in [1.807, 2.05) is 22.6 Å². The summed E-state index contributed by atoms with van der Waals surface area (Å²) in [4.78, 5) is 34.3. The molecule has 6 nitrogen and oxygen atoms in total. The fourth-order valence-electron chi connectivity index (χ4n) is 1.85. The summed E-state index contributed by atoms with van der Waals surface area (Å²) in [7, 11) is 0.